The summed E-state index contributed by atoms with van der Waals surface area (Å²) in [6, 6.07) is 12.0. The van der Waals surface area contributed by atoms with Gasteiger partial charge in [0.15, 0.2) is 11.6 Å². The highest BCUT2D eigenvalue weighted by atomic mass is 16.1. The van der Waals surface area contributed by atoms with Crippen LogP contribution < -0.4 is 15.5 Å². The monoisotopic (exact) mass is 353 g/mol. The van der Waals surface area contributed by atoms with Crippen molar-refractivity contribution < 1.29 is 4.79 Å². The van der Waals surface area contributed by atoms with Crippen LogP contribution in [0.2, 0.25) is 0 Å². The second kappa shape index (κ2) is 8.17. The summed E-state index contributed by atoms with van der Waals surface area (Å²) in [5, 5.41) is 14.1. The van der Waals surface area contributed by atoms with Crippen LogP contribution in [0.25, 0.3) is 0 Å². The normalized spacial score (nSPS) is 15.2. The average molecular weight is 353 g/mol. The summed E-state index contributed by atoms with van der Waals surface area (Å²) in [6.45, 7) is 8.26. The van der Waals surface area contributed by atoms with Crippen molar-refractivity contribution in [1.82, 2.24) is 10.2 Å². The van der Waals surface area contributed by atoms with Crippen LogP contribution >= 0.6 is 0 Å². The smallest absolute Gasteiger partial charge is 0.228 e. The fraction of sp³-hybridized carbons (Fsp3) is 0.450. The summed E-state index contributed by atoms with van der Waals surface area (Å²) >= 11 is 0. The van der Waals surface area contributed by atoms with Crippen molar-refractivity contribution in [2.24, 2.45) is 11.8 Å². The number of rotatable bonds is 5. The fourth-order valence-corrected chi connectivity index (χ4v) is 2.91. The standard InChI is InChI=1S/C20H27N5O/c1-14(2)20(26)22-19-9-8-18(23-24-19)21-16-4-6-17(7-5-16)25-12-10-15(3)11-13-25/h4-9,14-15H,10-13H2,1-3H3,(H,21,23)(H,22,24,26). The molecule has 2 aromatic rings. The van der Waals surface area contributed by atoms with E-state index in [1.54, 1.807) is 6.07 Å². The number of piperidine rings is 1. The molecule has 138 valence electrons. The Kier molecular flexibility index (Phi) is 5.71. The van der Waals surface area contributed by atoms with Gasteiger partial charge in [0, 0.05) is 30.4 Å². The Balaban J connectivity index is 1.58. The Morgan fingerprint density at radius 2 is 1.65 bits per heavy atom. The van der Waals surface area contributed by atoms with E-state index in [9.17, 15) is 4.79 Å². The molecule has 0 unspecified atom stereocenters. The van der Waals surface area contributed by atoms with Gasteiger partial charge in [-0.15, -0.1) is 10.2 Å². The van der Waals surface area contributed by atoms with Crippen molar-refractivity contribution in [3.63, 3.8) is 0 Å². The first-order chi connectivity index (χ1) is 12.5. The van der Waals surface area contributed by atoms with Crippen LogP contribution in [-0.2, 0) is 4.79 Å². The van der Waals surface area contributed by atoms with Crippen LogP contribution in [0.5, 0.6) is 0 Å². The second-order valence-corrected chi connectivity index (χ2v) is 7.29. The molecule has 0 aliphatic carbocycles. The van der Waals surface area contributed by atoms with Gasteiger partial charge in [-0.25, -0.2) is 0 Å². The van der Waals surface area contributed by atoms with Crippen molar-refractivity contribution in [2.75, 3.05) is 28.6 Å². The van der Waals surface area contributed by atoms with Crippen LogP contribution in [0.4, 0.5) is 23.0 Å². The number of nitrogens with zero attached hydrogens (tertiary/aromatic N) is 3. The van der Waals surface area contributed by atoms with Crippen LogP contribution in [0, 0.1) is 11.8 Å². The van der Waals surface area contributed by atoms with Gasteiger partial charge in [-0.05, 0) is 55.2 Å². The van der Waals surface area contributed by atoms with E-state index < -0.39 is 0 Å². The minimum atomic E-state index is -0.0868. The van der Waals surface area contributed by atoms with Gasteiger partial charge in [-0.2, -0.15) is 0 Å². The van der Waals surface area contributed by atoms with E-state index in [0.717, 1.165) is 24.7 Å². The lowest BCUT2D eigenvalue weighted by Gasteiger charge is -2.32. The van der Waals surface area contributed by atoms with Crippen molar-refractivity contribution in [3.05, 3.63) is 36.4 Å². The Labute approximate surface area is 155 Å². The molecule has 1 aromatic carbocycles. The second-order valence-electron chi connectivity index (χ2n) is 7.29. The van der Waals surface area contributed by atoms with Gasteiger partial charge in [0.1, 0.15) is 0 Å². The summed E-state index contributed by atoms with van der Waals surface area (Å²) in [5.74, 6) is 1.79. The maximum absolute atomic E-state index is 11.7. The number of amides is 1. The Morgan fingerprint density at radius 3 is 2.23 bits per heavy atom. The molecule has 1 aromatic heterocycles. The van der Waals surface area contributed by atoms with Crippen LogP contribution in [0.1, 0.15) is 33.6 Å². The predicted molar refractivity (Wildman–Crippen MR) is 106 cm³/mol. The highest BCUT2D eigenvalue weighted by Crippen LogP contribution is 2.25. The van der Waals surface area contributed by atoms with Gasteiger partial charge in [-0.3, -0.25) is 4.79 Å². The summed E-state index contributed by atoms with van der Waals surface area (Å²) in [5.41, 5.74) is 2.23. The molecular weight excluding hydrogens is 326 g/mol. The molecule has 1 amide bonds. The van der Waals surface area contributed by atoms with E-state index in [0.29, 0.717) is 11.6 Å². The van der Waals surface area contributed by atoms with E-state index in [4.69, 9.17) is 0 Å². The Morgan fingerprint density at radius 1 is 1.04 bits per heavy atom. The summed E-state index contributed by atoms with van der Waals surface area (Å²) in [4.78, 5) is 14.1. The number of anilines is 4. The number of nitrogens with one attached hydrogen (secondary N) is 2. The number of hydrogen-bond donors (Lipinski definition) is 2. The predicted octanol–water partition coefficient (Wildman–Crippen LogP) is 4.05. The third-order valence-electron chi connectivity index (χ3n) is 4.73. The first-order valence-electron chi connectivity index (χ1n) is 9.28. The molecule has 0 atom stereocenters. The molecule has 0 bridgehead atoms. The Bertz CT molecular complexity index is 719. The third kappa shape index (κ3) is 4.71. The highest BCUT2D eigenvalue weighted by Gasteiger charge is 2.15. The molecule has 2 heterocycles. The largest absolute Gasteiger partial charge is 0.372 e. The molecule has 3 rings (SSSR count). The van der Waals surface area contributed by atoms with Crippen LogP contribution in [0.15, 0.2) is 36.4 Å². The number of benzene rings is 1. The first kappa shape index (κ1) is 18.2. The summed E-state index contributed by atoms with van der Waals surface area (Å²) in [7, 11) is 0. The van der Waals surface area contributed by atoms with Crippen molar-refractivity contribution in [3.8, 4) is 0 Å². The molecular formula is C20H27N5O. The zero-order chi connectivity index (χ0) is 18.5. The maximum atomic E-state index is 11.7. The van der Waals surface area contributed by atoms with Gasteiger partial charge in [0.2, 0.25) is 5.91 Å². The van der Waals surface area contributed by atoms with Gasteiger partial charge in [0.25, 0.3) is 0 Å². The Hall–Kier alpha value is -2.63. The molecule has 6 heteroatoms. The van der Waals surface area contributed by atoms with Crippen molar-refractivity contribution >= 4 is 28.9 Å². The average Bonchev–Trinajstić information content (AvgIpc) is 2.64. The highest BCUT2D eigenvalue weighted by molar-refractivity contribution is 5.91. The van der Waals surface area contributed by atoms with Crippen molar-refractivity contribution in [1.29, 1.82) is 0 Å². The number of hydrogen-bond acceptors (Lipinski definition) is 5. The molecule has 1 aliphatic rings. The molecule has 1 fully saturated rings. The fourth-order valence-electron chi connectivity index (χ4n) is 2.91. The molecule has 2 N–H and O–H groups in total. The molecule has 0 spiro atoms. The van der Waals surface area contributed by atoms with Gasteiger partial charge in [0.05, 0.1) is 0 Å². The van der Waals surface area contributed by atoms with Crippen LogP contribution in [0.3, 0.4) is 0 Å². The zero-order valence-corrected chi connectivity index (χ0v) is 15.7. The quantitative estimate of drug-likeness (QED) is 0.848. The number of aromatic nitrogens is 2. The van der Waals surface area contributed by atoms with Gasteiger partial charge >= 0.3 is 0 Å². The lowest BCUT2D eigenvalue weighted by molar-refractivity contribution is -0.118. The van der Waals surface area contributed by atoms with Crippen molar-refractivity contribution in [2.45, 2.75) is 33.6 Å². The van der Waals surface area contributed by atoms with Crippen LogP contribution in [-0.4, -0.2) is 29.2 Å². The minimum Gasteiger partial charge on any atom is -0.372 e. The lowest BCUT2D eigenvalue weighted by atomic mass is 9.99. The van der Waals surface area contributed by atoms with Gasteiger partial charge in [-0.1, -0.05) is 20.8 Å². The molecule has 0 saturated carbocycles. The van der Waals surface area contributed by atoms with E-state index in [1.165, 1.54) is 18.5 Å². The number of carbonyl (C=O) groups is 1. The van der Waals surface area contributed by atoms with E-state index >= 15 is 0 Å². The van der Waals surface area contributed by atoms with E-state index in [-0.39, 0.29) is 11.8 Å². The summed E-state index contributed by atoms with van der Waals surface area (Å²) < 4.78 is 0. The molecule has 1 saturated heterocycles. The van der Waals surface area contributed by atoms with E-state index in [2.05, 4.69) is 56.9 Å². The number of carbonyl (C=O) groups excluding carboxylic acids is 1. The zero-order valence-electron chi connectivity index (χ0n) is 15.7. The first-order valence-corrected chi connectivity index (χ1v) is 9.28. The minimum absolute atomic E-state index is 0.0669. The maximum Gasteiger partial charge on any atom is 0.228 e. The topological polar surface area (TPSA) is 70.2 Å². The molecule has 26 heavy (non-hydrogen) atoms. The molecule has 1 aliphatic heterocycles. The SMILES string of the molecule is CC1CCN(c2ccc(Nc3ccc(NC(=O)C(C)C)nn3)cc2)CC1. The summed E-state index contributed by atoms with van der Waals surface area (Å²) in [6.07, 6.45) is 2.52. The molecule has 0 radical (unpaired) electrons. The third-order valence-corrected chi connectivity index (χ3v) is 4.73. The molecule has 6 nitrogen and oxygen atoms in total. The van der Waals surface area contributed by atoms with Gasteiger partial charge < -0.3 is 15.5 Å². The lowest BCUT2D eigenvalue weighted by Crippen LogP contribution is -2.32. The van der Waals surface area contributed by atoms with E-state index in [1.807, 2.05) is 19.9 Å².